The van der Waals surface area contributed by atoms with Crippen molar-refractivity contribution in [3.05, 3.63) is 24.3 Å². The SMILES string of the molecule is CCCCCCCC/C=C/CCCCCCCCCCCCCC(=O)O[C@H](COC(=O)CCCCCCC/C=C/CCCCCCCC)COP(=O)(O)OC1C(O)C(O)C(O)[C@@H](O)C1O. The molecule has 0 aromatic heterocycles. The first-order valence-electron chi connectivity index (χ1n) is 26.1. The Bertz CT molecular complexity index is 1230. The summed E-state index contributed by atoms with van der Waals surface area (Å²) in [6.45, 7) is 3.31. The van der Waals surface area contributed by atoms with Gasteiger partial charge in [-0.05, 0) is 64.2 Å². The van der Waals surface area contributed by atoms with Crippen molar-refractivity contribution in [2.24, 2.45) is 0 Å². The summed E-state index contributed by atoms with van der Waals surface area (Å²) in [5, 5.41) is 50.3. The predicted molar refractivity (Wildman–Crippen MR) is 258 cm³/mol. The van der Waals surface area contributed by atoms with Crippen molar-refractivity contribution >= 4 is 19.8 Å². The van der Waals surface area contributed by atoms with Gasteiger partial charge in [0.15, 0.2) is 6.10 Å². The van der Waals surface area contributed by atoms with E-state index in [-0.39, 0.29) is 12.8 Å². The molecule has 0 spiro atoms. The van der Waals surface area contributed by atoms with E-state index in [1.54, 1.807) is 0 Å². The van der Waals surface area contributed by atoms with Crippen LogP contribution in [0.5, 0.6) is 0 Å². The van der Waals surface area contributed by atoms with Crippen LogP contribution in [-0.2, 0) is 32.7 Å². The molecule has 65 heavy (non-hydrogen) atoms. The number of ether oxygens (including phenoxy) is 2. The van der Waals surface area contributed by atoms with Crippen LogP contribution in [0.1, 0.15) is 232 Å². The molecular formula is C51H95O13P. The number of hydrogen-bond donors (Lipinski definition) is 6. The van der Waals surface area contributed by atoms with Crippen LogP contribution >= 0.6 is 7.82 Å². The average Bonchev–Trinajstić information content (AvgIpc) is 3.29. The fourth-order valence-electron chi connectivity index (χ4n) is 8.04. The molecule has 0 bridgehead atoms. The van der Waals surface area contributed by atoms with Gasteiger partial charge in [0.25, 0.3) is 0 Å². The molecule has 1 saturated carbocycles. The minimum atomic E-state index is -5.12. The second kappa shape index (κ2) is 41.3. The lowest BCUT2D eigenvalue weighted by molar-refractivity contribution is -0.220. The summed E-state index contributed by atoms with van der Waals surface area (Å²) in [6.07, 6.45) is 33.7. The highest BCUT2D eigenvalue weighted by Gasteiger charge is 2.51. The van der Waals surface area contributed by atoms with Crippen molar-refractivity contribution in [3.8, 4) is 0 Å². The summed E-state index contributed by atoms with van der Waals surface area (Å²) in [5.74, 6) is -1.10. The van der Waals surface area contributed by atoms with E-state index < -0.39 is 75.7 Å². The molecule has 382 valence electrons. The van der Waals surface area contributed by atoms with Crippen LogP contribution in [0.2, 0.25) is 0 Å². The minimum Gasteiger partial charge on any atom is -0.462 e. The van der Waals surface area contributed by atoms with E-state index in [4.69, 9.17) is 18.5 Å². The number of aliphatic hydroxyl groups is 5. The number of carbonyl (C=O) groups excluding carboxylic acids is 2. The minimum absolute atomic E-state index is 0.0967. The standard InChI is InChI=1S/C51H95O13P/c1-3-5-7-9-11-13-15-17-19-20-21-22-23-24-26-28-30-32-34-36-38-40-45(53)63-43(42-62-65(59,60)64-51-49(57)47(55)46(54)48(56)50(51)58)41-61-44(52)39-37-35-33-31-29-27-25-18-16-14-12-10-8-6-4-2/h17-19,25,43,46-51,54-58H,3-16,20-24,26-42H2,1-2H3,(H,59,60)/b19-17+,25-18+/t43-,46?,47-,48?,49?,50?,51?/m1/s1. The van der Waals surface area contributed by atoms with Crippen LogP contribution < -0.4 is 0 Å². The predicted octanol–water partition coefficient (Wildman–Crippen LogP) is 11.2. The van der Waals surface area contributed by atoms with Crippen molar-refractivity contribution in [1.29, 1.82) is 0 Å². The van der Waals surface area contributed by atoms with E-state index in [1.165, 1.54) is 128 Å². The van der Waals surface area contributed by atoms with E-state index >= 15 is 0 Å². The van der Waals surface area contributed by atoms with Gasteiger partial charge in [0.05, 0.1) is 6.61 Å². The molecule has 0 aromatic rings. The Morgan fingerprint density at radius 3 is 1.17 bits per heavy atom. The molecule has 6 N–H and O–H groups in total. The first kappa shape index (κ1) is 61.3. The summed E-state index contributed by atoms with van der Waals surface area (Å²) in [5.41, 5.74) is 0. The Hall–Kier alpha value is -1.67. The molecular weight excluding hydrogens is 852 g/mol. The highest BCUT2D eigenvalue weighted by atomic mass is 31.2. The van der Waals surface area contributed by atoms with Gasteiger partial charge < -0.3 is 39.9 Å². The number of carbonyl (C=O) groups is 2. The third-order valence-electron chi connectivity index (χ3n) is 12.3. The molecule has 0 aliphatic heterocycles. The molecule has 0 heterocycles. The lowest BCUT2D eigenvalue weighted by Gasteiger charge is -2.41. The van der Waals surface area contributed by atoms with E-state index in [1.807, 2.05) is 0 Å². The summed E-state index contributed by atoms with van der Waals surface area (Å²) < 4.78 is 33.6. The van der Waals surface area contributed by atoms with Crippen molar-refractivity contribution in [2.75, 3.05) is 13.2 Å². The molecule has 0 saturated heterocycles. The Morgan fingerprint density at radius 2 is 0.785 bits per heavy atom. The van der Waals surface area contributed by atoms with Crippen molar-refractivity contribution in [3.63, 3.8) is 0 Å². The van der Waals surface area contributed by atoms with E-state index in [0.717, 1.165) is 64.2 Å². The first-order valence-corrected chi connectivity index (χ1v) is 27.6. The zero-order valence-corrected chi connectivity index (χ0v) is 41.7. The molecule has 8 atom stereocenters. The number of unbranched alkanes of at least 4 members (excludes halogenated alkanes) is 28. The summed E-state index contributed by atoms with van der Waals surface area (Å²) >= 11 is 0. The molecule has 14 heteroatoms. The van der Waals surface area contributed by atoms with Gasteiger partial charge in [0, 0.05) is 12.8 Å². The van der Waals surface area contributed by atoms with Crippen LogP contribution in [0.4, 0.5) is 0 Å². The fraction of sp³-hybridized carbons (Fsp3) is 0.882. The number of hydrogen-bond acceptors (Lipinski definition) is 12. The van der Waals surface area contributed by atoms with Crippen LogP contribution in [0, 0.1) is 0 Å². The maximum absolute atomic E-state index is 12.8. The molecule has 0 radical (unpaired) electrons. The third-order valence-corrected chi connectivity index (χ3v) is 13.3. The second-order valence-electron chi connectivity index (χ2n) is 18.4. The summed E-state index contributed by atoms with van der Waals surface area (Å²) in [4.78, 5) is 35.8. The molecule has 1 aliphatic rings. The van der Waals surface area contributed by atoms with Gasteiger partial charge in [-0.3, -0.25) is 18.6 Å². The lowest BCUT2D eigenvalue weighted by atomic mass is 9.85. The molecule has 6 unspecified atom stereocenters. The molecule has 1 fully saturated rings. The van der Waals surface area contributed by atoms with Crippen molar-refractivity contribution in [2.45, 2.75) is 275 Å². The zero-order chi connectivity index (χ0) is 47.8. The molecule has 1 aliphatic carbocycles. The van der Waals surface area contributed by atoms with Crippen LogP contribution in [0.15, 0.2) is 24.3 Å². The van der Waals surface area contributed by atoms with Gasteiger partial charge in [-0.25, -0.2) is 4.57 Å². The summed E-state index contributed by atoms with van der Waals surface area (Å²) in [6, 6.07) is 0. The highest BCUT2D eigenvalue weighted by molar-refractivity contribution is 7.47. The summed E-state index contributed by atoms with van der Waals surface area (Å²) in [7, 11) is -5.12. The van der Waals surface area contributed by atoms with Crippen LogP contribution in [-0.4, -0.2) is 98.3 Å². The third kappa shape index (κ3) is 33.5. The topological polar surface area (TPSA) is 210 Å². The van der Waals surface area contributed by atoms with Gasteiger partial charge in [-0.1, -0.05) is 179 Å². The van der Waals surface area contributed by atoms with Gasteiger partial charge in [-0.2, -0.15) is 0 Å². The van der Waals surface area contributed by atoms with E-state index in [0.29, 0.717) is 12.8 Å². The van der Waals surface area contributed by atoms with Crippen molar-refractivity contribution in [1.82, 2.24) is 0 Å². The van der Waals surface area contributed by atoms with Crippen LogP contribution in [0.3, 0.4) is 0 Å². The Kier molecular flexibility index (Phi) is 39.0. The smallest absolute Gasteiger partial charge is 0.462 e. The van der Waals surface area contributed by atoms with Gasteiger partial charge in [0.1, 0.15) is 43.2 Å². The Morgan fingerprint density at radius 1 is 0.462 bits per heavy atom. The number of allylic oxidation sites excluding steroid dienone is 4. The maximum Gasteiger partial charge on any atom is 0.472 e. The normalized spacial score (nSPS) is 21.5. The fourth-order valence-corrected chi connectivity index (χ4v) is 9.02. The quantitative estimate of drug-likeness (QED) is 0.0146. The lowest BCUT2D eigenvalue weighted by Crippen LogP contribution is -2.64. The molecule has 13 nitrogen and oxygen atoms in total. The van der Waals surface area contributed by atoms with Crippen LogP contribution in [0.25, 0.3) is 0 Å². The average molecular weight is 947 g/mol. The first-order chi connectivity index (χ1) is 31.4. The largest absolute Gasteiger partial charge is 0.472 e. The second-order valence-corrected chi connectivity index (χ2v) is 19.8. The molecule has 0 amide bonds. The zero-order valence-electron chi connectivity index (χ0n) is 40.8. The number of rotatable bonds is 44. The highest BCUT2D eigenvalue weighted by Crippen LogP contribution is 2.47. The number of aliphatic hydroxyl groups excluding tert-OH is 5. The number of phosphoric acid groups is 1. The number of phosphoric ester groups is 1. The molecule has 1 rings (SSSR count). The van der Waals surface area contributed by atoms with Gasteiger partial charge in [-0.15, -0.1) is 0 Å². The maximum atomic E-state index is 12.8. The van der Waals surface area contributed by atoms with Gasteiger partial charge in [0.2, 0.25) is 0 Å². The van der Waals surface area contributed by atoms with Gasteiger partial charge >= 0.3 is 19.8 Å². The van der Waals surface area contributed by atoms with E-state index in [9.17, 15) is 44.6 Å². The molecule has 0 aromatic carbocycles. The Balaban J connectivity index is 2.38. The van der Waals surface area contributed by atoms with E-state index in [2.05, 4.69) is 38.2 Å². The van der Waals surface area contributed by atoms with Crippen molar-refractivity contribution < 1.29 is 63.1 Å². The monoisotopic (exact) mass is 947 g/mol. The number of esters is 2. The Labute approximate surface area is 394 Å².